The van der Waals surface area contributed by atoms with Crippen molar-refractivity contribution in [1.82, 2.24) is 9.97 Å². The molecule has 7 heteroatoms. The molecule has 7 nitrogen and oxygen atoms in total. The van der Waals surface area contributed by atoms with E-state index < -0.39 is 11.2 Å². The number of ether oxygens (including phenoxy) is 4. The van der Waals surface area contributed by atoms with Gasteiger partial charge in [-0.25, -0.2) is 9.97 Å². The number of terminal acetylenes is 1. The highest BCUT2D eigenvalue weighted by Crippen LogP contribution is 2.37. The SMILES string of the molecule is C.[2H]C#Cc1cccc(Nc2ncnc3cc(OCC(C)(C)OC(C)(C)C)c(OCC(C)(C)OC(C)(C)C)cc23)c1. The second kappa shape index (κ2) is 12.4. The minimum absolute atomic E-state index is 0. The summed E-state index contributed by atoms with van der Waals surface area (Å²) in [5, 5.41) is 4.12. The summed E-state index contributed by atoms with van der Waals surface area (Å²) < 4.78 is 32.3. The third-order valence-electron chi connectivity index (χ3n) is 5.29. The van der Waals surface area contributed by atoms with Gasteiger partial charge < -0.3 is 24.3 Å². The van der Waals surface area contributed by atoms with Crippen molar-refractivity contribution in [3.05, 3.63) is 48.3 Å². The van der Waals surface area contributed by atoms with E-state index in [2.05, 4.69) is 27.6 Å². The molecule has 0 saturated carbocycles. The van der Waals surface area contributed by atoms with Crippen LogP contribution < -0.4 is 14.8 Å². The lowest BCUT2D eigenvalue weighted by molar-refractivity contribution is -0.131. The molecule has 3 rings (SSSR count). The summed E-state index contributed by atoms with van der Waals surface area (Å²) in [6, 6.07) is 11.3. The molecule has 0 radical (unpaired) electrons. The molecule has 1 N–H and O–H groups in total. The van der Waals surface area contributed by atoms with E-state index in [1.165, 1.54) is 6.33 Å². The first-order chi connectivity index (χ1) is 18.5. The van der Waals surface area contributed by atoms with Crippen molar-refractivity contribution in [3.63, 3.8) is 0 Å². The Kier molecular flexibility index (Phi) is 9.71. The van der Waals surface area contributed by atoms with Crippen LogP contribution in [0.4, 0.5) is 11.5 Å². The fourth-order valence-electron chi connectivity index (χ4n) is 4.42. The van der Waals surface area contributed by atoms with Gasteiger partial charge in [-0.05, 0) is 93.5 Å². The maximum Gasteiger partial charge on any atom is 0.163 e. The van der Waals surface area contributed by atoms with Crippen LogP contribution in [0.3, 0.4) is 0 Å². The Labute approximate surface area is 242 Å². The van der Waals surface area contributed by atoms with E-state index in [0.29, 0.717) is 36.0 Å². The fraction of sp³-hybridized carbons (Fsp3) is 0.515. The highest BCUT2D eigenvalue weighted by molar-refractivity contribution is 5.93. The number of aromatic nitrogens is 2. The zero-order valence-electron chi connectivity index (χ0n) is 26.0. The molecule has 2 aromatic carbocycles. The number of benzene rings is 2. The van der Waals surface area contributed by atoms with Crippen LogP contribution in [0.2, 0.25) is 0 Å². The van der Waals surface area contributed by atoms with E-state index in [1.54, 1.807) is 0 Å². The van der Waals surface area contributed by atoms with Gasteiger partial charge in [-0.1, -0.05) is 19.4 Å². The van der Waals surface area contributed by atoms with Crippen molar-refractivity contribution in [3.8, 4) is 23.8 Å². The van der Waals surface area contributed by atoms with Crippen molar-refractivity contribution < 1.29 is 20.3 Å². The van der Waals surface area contributed by atoms with E-state index >= 15 is 0 Å². The van der Waals surface area contributed by atoms with Crippen LogP contribution in [0.1, 0.15) is 83.6 Å². The fourth-order valence-corrected chi connectivity index (χ4v) is 4.42. The highest BCUT2D eigenvalue weighted by atomic mass is 16.6. The van der Waals surface area contributed by atoms with Gasteiger partial charge in [0.05, 0.1) is 27.9 Å². The zero-order valence-corrected chi connectivity index (χ0v) is 25.0. The van der Waals surface area contributed by atoms with E-state index in [1.807, 2.05) is 106 Å². The maximum absolute atomic E-state index is 7.19. The van der Waals surface area contributed by atoms with E-state index in [-0.39, 0.29) is 18.6 Å². The standard InChI is InChI=1S/C32H43N3O4.CH4/c1-12-22-14-13-15-23(16-22)35-28-24-17-26(36-19-31(8,9)38-29(2,3)4)27(18-25(24)33-21-34-28)37-20-32(10,11)39-30(5,6)7;/h1,13-18,21H,19-20H2,2-11H3,(H,33,34,35);1H4/i1D;. The van der Waals surface area contributed by atoms with Crippen LogP contribution in [-0.2, 0) is 9.47 Å². The summed E-state index contributed by atoms with van der Waals surface area (Å²) in [4.78, 5) is 9.00. The molecule has 0 spiro atoms. The van der Waals surface area contributed by atoms with Crippen LogP contribution in [0.15, 0.2) is 42.7 Å². The molecule has 0 aliphatic rings. The Hall–Kier alpha value is -3.34. The van der Waals surface area contributed by atoms with Gasteiger partial charge in [0.1, 0.15) is 26.7 Å². The Balaban J connectivity index is 0.00000588. The molecule has 0 atom stereocenters. The number of nitrogens with one attached hydrogen (secondary N) is 1. The third-order valence-corrected chi connectivity index (χ3v) is 5.29. The molecule has 0 saturated heterocycles. The van der Waals surface area contributed by atoms with Gasteiger partial charge in [0.25, 0.3) is 0 Å². The average molecular weight is 551 g/mol. The maximum atomic E-state index is 7.19. The number of nitrogens with zero attached hydrogens (tertiary/aromatic N) is 2. The first kappa shape index (κ1) is 31.2. The summed E-state index contributed by atoms with van der Waals surface area (Å²) in [6.07, 6.45) is 3.70. The average Bonchev–Trinajstić information content (AvgIpc) is 2.79. The molecule has 0 fully saturated rings. The summed E-state index contributed by atoms with van der Waals surface area (Å²) in [5.74, 6) is 4.48. The van der Waals surface area contributed by atoms with Crippen molar-refractivity contribution >= 4 is 22.4 Å². The van der Waals surface area contributed by atoms with Gasteiger partial charge in [-0.15, -0.1) is 6.40 Å². The first-order valence-corrected chi connectivity index (χ1v) is 13.2. The van der Waals surface area contributed by atoms with Gasteiger partial charge in [-0.2, -0.15) is 0 Å². The Bertz CT molecular complexity index is 1380. The molecular formula is C33H47N3O4. The lowest BCUT2D eigenvalue weighted by atomic mass is 10.1. The first-order valence-electron chi connectivity index (χ1n) is 13.7. The number of rotatable bonds is 10. The third kappa shape index (κ3) is 10.0. The lowest BCUT2D eigenvalue weighted by Crippen LogP contribution is -2.40. The number of hydrogen-bond donors (Lipinski definition) is 1. The van der Waals surface area contributed by atoms with Crippen molar-refractivity contribution in [1.29, 1.82) is 0 Å². The van der Waals surface area contributed by atoms with Gasteiger partial charge in [0.2, 0.25) is 0 Å². The predicted octanol–water partition coefficient (Wildman–Crippen LogP) is 7.94. The summed E-state index contributed by atoms with van der Waals surface area (Å²) in [6.45, 7) is 20.8. The van der Waals surface area contributed by atoms with Gasteiger partial charge in [0, 0.05) is 22.7 Å². The topological polar surface area (TPSA) is 74.7 Å². The number of hydrogen-bond acceptors (Lipinski definition) is 7. The summed E-state index contributed by atoms with van der Waals surface area (Å²) in [7, 11) is 0. The molecule has 1 heterocycles. The molecule has 0 aliphatic heterocycles. The molecule has 0 amide bonds. The van der Waals surface area contributed by atoms with Crippen LogP contribution in [0, 0.1) is 12.3 Å². The number of fused-ring (bicyclic) bond motifs is 1. The second-order valence-electron chi connectivity index (χ2n) is 12.9. The normalized spacial score (nSPS) is 12.6. The molecule has 3 aromatic rings. The largest absolute Gasteiger partial charge is 0.487 e. The van der Waals surface area contributed by atoms with Gasteiger partial charge >= 0.3 is 0 Å². The summed E-state index contributed by atoms with van der Waals surface area (Å²) >= 11 is 0. The molecule has 0 bridgehead atoms. The smallest absolute Gasteiger partial charge is 0.163 e. The molecule has 0 aliphatic carbocycles. The van der Waals surface area contributed by atoms with E-state index in [0.717, 1.165) is 16.6 Å². The van der Waals surface area contributed by atoms with Crippen LogP contribution in [0.5, 0.6) is 11.5 Å². The zero-order chi connectivity index (χ0) is 29.8. The Morgan fingerprint density at radius 3 is 1.95 bits per heavy atom. The summed E-state index contributed by atoms with van der Waals surface area (Å²) in [5.41, 5.74) is 0.497. The highest BCUT2D eigenvalue weighted by Gasteiger charge is 2.29. The van der Waals surface area contributed by atoms with E-state index in [4.69, 9.17) is 20.3 Å². The molecular weight excluding hydrogens is 502 g/mol. The molecule has 1 aromatic heterocycles. The molecule has 0 unspecified atom stereocenters. The quantitative estimate of drug-likeness (QED) is 0.257. The lowest BCUT2D eigenvalue weighted by Gasteiger charge is -2.34. The Morgan fingerprint density at radius 2 is 1.40 bits per heavy atom. The van der Waals surface area contributed by atoms with Gasteiger partial charge in [-0.3, -0.25) is 0 Å². The van der Waals surface area contributed by atoms with Gasteiger partial charge in [0.15, 0.2) is 11.5 Å². The monoisotopic (exact) mass is 550 g/mol. The second-order valence-corrected chi connectivity index (χ2v) is 12.9. The minimum Gasteiger partial charge on any atom is -0.487 e. The van der Waals surface area contributed by atoms with Crippen LogP contribution >= 0.6 is 0 Å². The van der Waals surface area contributed by atoms with Crippen LogP contribution in [0.25, 0.3) is 10.9 Å². The van der Waals surface area contributed by atoms with Crippen molar-refractivity contribution in [2.45, 2.75) is 99.1 Å². The van der Waals surface area contributed by atoms with Crippen molar-refractivity contribution in [2.75, 3.05) is 18.5 Å². The minimum atomic E-state index is -0.549. The Morgan fingerprint density at radius 1 is 0.825 bits per heavy atom. The molecule has 40 heavy (non-hydrogen) atoms. The van der Waals surface area contributed by atoms with Crippen molar-refractivity contribution in [2.24, 2.45) is 0 Å². The van der Waals surface area contributed by atoms with E-state index in [9.17, 15) is 0 Å². The molecule has 218 valence electrons. The predicted molar refractivity (Wildman–Crippen MR) is 165 cm³/mol. The van der Waals surface area contributed by atoms with Crippen LogP contribution in [-0.4, -0.2) is 45.6 Å². The number of anilines is 2.